The van der Waals surface area contributed by atoms with Crippen LogP contribution in [0.1, 0.15) is 23.6 Å². The lowest BCUT2D eigenvalue weighted by Crippen LogP contribution is -2.24. The number of pyridine rings is 2. The minimum atomic E-state index is -4.17. The van der Waals surface area contributed by atoms with E-state index in [1.807, 2.05) is 6.92 Å². The molecule has 0 fully saturated rings. The van der Waals surface area contributed by atoms with E-state index in [0.717, 1.165) is 0 Å². The van der Waals surface area contributed by atoms with Crippen LogP contribution in [0.5, 0.6) is 17.4 Å². The summed E-state index contributed by atoms with van der Waals surface area (Å²) in [5.74, 6) is 1.68. The zero-order valence-corrected chi connectivity index (χ0v) is 22.2. The Morgan fingerprint density at radius 1 is 0.897 bits per heavy atom. The van der Waals surface area contributed by atoms with Crippen LogP contribution in [0.15, 0.2) is 67.0 Å². The van der Waals surface area contributed by atoms with Crippen LogP contribution >= 0.6 is 0 Å². The van der Waals surface area contributed by atoms with Gasteiger partial charge in [-0.15, -0.1) is 0 Å². The van der Waals surface area contributed by atoms with Crippen molar-refractivity contribution in [1.29, 1.82) is 0 Å². The second kappa shape index (κ2) is 10.6. The minimum Gasteiger partial charge on any atom is -0.494 e. The highest BCUT2D eigenvalue weighted by Crippen LogP contribution is 2.38. The highest BCUT2D eigenvalue weighted by molar-refractivity contribution is 7.89. The van der Waals surface area contributed by atoms with E-state index >= 15 is 0 Å². The van der Waals surface area contributed by atoms with Crippen molar-refractivity contribution in [3.63, 3.8) is 0 Å². The number of primary sulfonamides is 1. The number of benzene rings is 1. The molecule has 1 atom stereocenters. The second-order valence-electron chi connectivity index (χ2n) is 8.24. The number of aromatic nitrogens is 6. The number of hydrogen-bond acceptors (Lipinski definition) is 10. The first-order valence-corrected chi connectivity index (χ1v) is 13.5. The monoisotopic (exact) mass is 547 g/mol. The Morgan fingerprint density at radius 2 is 1.64 bits per heavy atom. The van der Waals surface area contributed by atoms with Gasteiger partial charge in [0.2, 0.25) is 15.9 Å². The maximum Gasteiger partial charge on any atom is 0.223 e. The summed E-state index contributed by atoms with van der Waals surface area (Å²) in [4.78, 5) is 22.7. The lowest BCUT2D eigenvalue weighted by molar-refractivity contribution is 0.327. The van der Waals surface area contributed by atoms with E-state index in [2.05, 4.69) is 15.0 Å². The van der Waals surface area contributed by atoms with Crippen molar-refractivity contribution in [3.05, 3.63) is 78.4 Å². The molecule has 39 heavy (non-hydrogen) atoms. The number of rotatable bonds is 9. The van der Waals surface area contributed by atoms with Gasteiger partial charge in [0, 0.05) is 12.3 Å². The SMILES string of the molecule is CCOc1cccc(-c2nc3ncc(C(c4ccccn4)S(N)(=O)=O)nc3n2-c2c(OC)cccc2OC)n1. The standard InChI is InChI=1S/C26H25N7O5S/c1-4-38-21-13-7-10-17(30-21)25-32-24-26(33(25)22-19(36-2)11-8-12-20(22)37-3)31-18(15-29-24)23(39(27,34)35)16-9-5-6-14-28-16/h5-15,23H,4H2,1-3H3,(H2,27,34,35). The summed E-state index contributed by atoms with van der Waals surface area (Å²) in [7, 11) is -1.12. The Balaban J connectivity index is 1.85. The van der Waals surface area contributed by atoms with Crippen LogP contribution in [0.2, 0.25) is 0 Å². The topological polar surface area (TPSA) is 157 Å². The van der Waals surface area contributed by atoms with E-state index in [1.54, 1.807) is 59.2 Å². The van der Waals surface area contributed by atoms with Gasteiger partial charge in [0.05, 0.1) is 38.4 Å². The molecule has 0 saturated heterocycles. The van der Waals surface area contributed by atoms with Gasteiger partial charge in [-0.3, -0.25) is 9.55 Å². The number of methoxy groups -OCH3 is 2. The van der Waals surface area contributed by atoms with Crippen molar-refractivity contribution in [2.75, 3.05) is 20.8 Å². The van der Waals surface area contributed by atoms with Gasteiger partial charge in [0.15, 0.2) is 22.4 Å². The Morgan fingerprint density at radius 3 is 2.28 bits per heavy atom. The average molecular weight is 548 g/mol. The van der Waals surface area contributed by atoms with Crippen LogP contribution < -0.4 is 19.3 Å². The molecule has 0 aliphatic carbocycles. The lowest BCUT2D eigenvalue weighted by atomic mass is 10.2. The predicted octanol–water partition coefficient (Wildman–Crippen LogP) is 3.07. The smallest absolute Gasteiger partial charge is 0.223 e. The number of fused-ring (bicyclic) bond motifs is 1. The zero-order chi connectivity index (χ0) is 27.6. The highest BCUT2D eigenvalue weighted by atomic mass is 32.2. The Bertz CT molecular complexity index is 1720. The molecule has 4 aromatic heterocycles. The number of nitrogens with zero attached hydrogens (tertiary/aromatic N) is 6. The van der Waals surface area contributed by atoms with E-state index in [-0.39, 0.29) is 22.7 Å². The van der Waals surface area contributed by atoms with Crippen molar-refractivity contribution in [2.45, 2.75) is 12.2 Å². The van der Waals surface area contributed by atoms with Gasteiger partial charge in [-0.25, -0.2) is 33.5 Å². The predicted molar refractivity (Wildman–Crippen MR) is 143 cm³/mol. The molecule has 4 heterocycles. The van der Waals surface area contributed by atoms with Crippen LogP contribution in [0, 0.1) is 0 Å². The van der Waals surface area contributed by atoms with Crippen molar-refractivity contribution >= 4 is 21.3 Å². The summed E-state index contributed by atoms with van der Waals surface area (Å²) in [6, 6.07) is 15.5. The first-order chi connectivity index (χ1) is 18.9. The third-order valence-electron chi connectivity index (χ3n) is 5.81. The third kappa shape index (κ3) is 4.96. The van der Waals surface area contributed by atoms with E-state index in [1.165, 1.54) is 26.6 Å². The number of para-hydroxylation sites is 1. The summed E-state index contributed by atoms with van der Waals surface area (Å²) in [5, 5.41) is 4.29. The van der Waals surface area contributed by atoms with Gasteiger partial charge < -0.3 is 14.2 Å². The Labute approximate surface area is 224 Å². The van der Waals surface area contributed by atoms with Crippen LogP contribution in [0.25, 0.3) is 28.5 Å². The number of sulfonamides is 1. The average Bonchev–Trinajstić information content (AvgIpc) is 3.31. The first-order valence-electron chi connectivity index (χ1n) is 11.8. The van der Waals surface area contributed by atoms with Gasteiger partial charge in [0.1, 0.15) is 22.9 Å². The molecule has 0 amide bonds. The molecule has 0 saturated carbocycles. The molecule has 1 aromatic carbocycles. The molecule has 5 rings (SSSR count). The molecule has 0 radical (unpaired) electrons. The maximum atomic E-state index is 12.7. The van der Waals surface area contributed by atoms with E-state index in [4.69, 9.17) is 29.3 Å². The fourth-order valence-electron chi connectivity index (χ4n) is 4.21. The summed E-state index contributed by atoms with van der Waals surface area (Å²) in [5.41, 5.74) is 1.68. The molecule has 2 N–H and O–H groups in total. The molecular weight excluding hydrogens is 522 g/mol. The van der Waals surface area contributed by atoms with Crippen LogP contribution in [0.4, 0.5) is 0 Å². The summed E-state index contributed by atoms with van der Waals surface area (Å²) >= 11 is 0. The number of imidazole rings is 1. The molecule has 0 aliphatic heterocycles. The van der Waals surface area contributed by atoms with Crippen molar-refractivity contribution < 1.29 is 22.6 Å². The van der Waals surface area contributed by atoms with Gasteiger partial charge in [-0.05, 0) is 37.3 Å². The fraction of sp³-hybridized carbons (Fsp3) is 0.192. The van der Waals surface area contributed by atoms with Gasteiger partial charge in [0.25, 0.3) is 0 Å². The second-order valence-corrected chi connectivity index (χ2v) is 9.89. The fourth-order valence-corrected chi connectivity index (χ4v) is 5.14. The van der Waals surface area contributed by atoms with Gasteiger partial charge >= 0.3 is 0 Å². The maximum absolute atomic E-state index is 12.7. The quantitative estimate of drug-likeness (QED) is 0.291. The van der Waals surface area contributed by atoms with Gasteiger partial charge in [-0.2, -0.15) is 0 Å². The molecule has 1 unspecified atom stereocenters. The molecule has 0 spiro atoms. The molecule has 5 aromatic rings. The van der Waals surface area contributed by atoms with E-state index in [0.29, 0.717) is 41.2 Å². The molecule has 0 aliphatic rings. The molecule has 200 valence electrons. The van der Waals surface area contributed by atoms with Gasteiger partial charge in [-0.1, -0.05) is 18.2 Å². The Kier molecular flexibility index (Phi) is 7.09. The van der Waals surface area contributed by atoms with Crippen molar-refractivity contribution in [3.8, 4) is 34.6 Å². The number of hydrogen-bond donors (Lipinski definition) is 1. The first kappa shape index (κ1) is 26.0. The lowest BCUT2D eigenvalue weighted by Gasteiger charge is -2.17. The summed E-state index contributed by atoms with van der Waals surface area (Å²) in [6.07, 6.45) is 2.81. The molecule has 0 bridgehead atoms. The summed E-state index contributed by atoms with van der Waals surface area (Å²) < 4.78 is 44.1. The molecule has 12 nitrogen and oxygen atoms in total. The molecule has 13 heteroatoms. The number of ether oxygens (including phenoxy) is 3. The Hall–Kier alpha value is -4.62. The highest BCUT2D eigenvalue weighted by Gasteiger charge is 2.31. The zero-order valence-electron chi connectivity index (χ0n) is 21.3. The van der Waals surface area contributed by atoms with Crippen LogP contribution in [-0.4, -0.2) is 58.7 Å². The van der Waals surface area contributed by atoms with Crippen LogP contribution in [-0.2, 0) is 10.0 Å². The van der Waals surface area contributed by atoms with Crippen LogP contribution in [0.3, 0.4) is 0 Å². The number of nitrogens with two attached hydrogens (primary N) is 1. The summed E-state index contributed by atoms with van der Waals surface area (Å²) in [6.45, 7) is 2.30. The van der Waals surface area contributed by atoms with Crippen molar-refractivity contribution in [1.82, 2.24) is 29.5 Å². The van der Waals surface area contributed by atoms with E-state index < -0.39 is 15.3 Å². The van der Waals surface area contributed by atoms with E-state index in [9.17, 15) is 8.42 Å². The molecular formula is C26H25N7O5S. The largest absolute Gasteiger partial charge is 0.494 e. The normalized spacial score (nSPS) is 12.3. The minimum absolute atomic E-state index is 0.0706. The van der Waals surface area contributed by atoms with Crippen molar-refractivity contribution in [2.24, 2.45) is 5.14 Å². The third-order valence-corrected chi connectivity index (χ3v) is 6.95.